The quantitative estimate of drug-likeness (QED) is 0.465. The second-order valence-electron chi connectivity index (χ2n) is 10.7. The van der Waals surface area contributed by atoms with E-state index in [9.17, 15) is 27.2 Å². The van der Waals surface area contributed by atoms with E-state index in [2.05, 4.69) is 15.6 Å². The lowest BCUT2D eigenvalue weighted by Crippen LogP contribution is -2.61. The number of halogens is 4. The number of carbonyl (C=O) groups excluding carboxylic acids is 2. The van der Waals surface area contributed by atoms with E-state index in [0.717, 1.165) is 6.20 Å². The second-order valence-corrected chi connectivity index (χ2v) is 10.7. The molecular formula is C27H29F4N5O3. The van der Waals surface area contributed by atoms with Crippen LogP contribution in [0.2, 0.25) is 0 Å². The van der Waals surface area contributed by atoms with E-state index in [1.807, 2.05) is 13.8 Å². The molecule has 3 N–H and O–H groups in total. The third kappa shape index (κ3) is 5.28. The topological polar surface area (TPSA) is 107 Å². The summed E-state index contributed by atoms with van der Waals surface area (Å²) in [5, 5.41) is 14.4. The first-order valence-electron chi connectivity index (χ1n) is 12.8. The number of ether oxygens (including phenoxy) is 1. The minimum atomic E-state index is -4.61. The molecule has 8 nitrogen and oxygen atoms in total. The lowest BCUT2D eigenvalue weighted by Gasteiger charge is -2.43. The zero-order chi connectivity index (χ0) is 28.1. The molecule has 2 fully saturated rings. The van der Waals surface area contributed by atoms with Gasteiger partial charge in [0.2, 0.25) is 11.8 Å². The van der Waals surface area contributed by atoms with Gasteiger partial charge in [0.25, 0.3) is 0 Å². The third-order valence-electron chi connectivity index (χ3n) is 7.87. The fourth-order valence-corrected chi connectivity index (χ4v) is 5.52. The molecule has 0 radical (unpaired) electrons. The molecule has 2 amide bonds. The molecule has 2 aliphatic heterocycles. The molecule has 0 spiro atoms. The Balaban J connectivity index is 1.39. The highest BCUT2D eigenvalue weighted by Gasteiger charge is 2.54. The van der Waals surface area contributed by atoms with Crippen LogP contribution in [0, 0.1) is 23.1 Å². The van der Waals surface area contributed by atoms with Crippen LogP contribution in [-0.2, 0) is 9.59 Å². The average molecular weight is 548 g/mol. The summed E-state index contributed by atoms with van der Waals surface area (Å²) in [6.07, 6.45) is -3.72. The van der Waals surface area contributed by atoms with Crippen LogP contribution < -0.4 is 15.4 Å². The van der Waals surface area contributed by atoms with Gasteiger partial charge in [-0.2, -0.15) is 13.2 Å². The van der Waals surface area contributed by atoms with Gasteiger partial charge in [0.15, 0.2) is 12.1 Å². The van der Waals surface area contributed by atoms with Gasteiger partial charge in [-0.3, -0.25) is 24.9 Å². The van der Waals surface area contributed by atoms with Crippen molar-refractivity contribution in [3.63, 3.8) is 0 Å². The van der Waals surface area contributed by atoms with E-state index in [4.69, 9.17) is 10.1 Å². The van der Waals surface area contributed by atoms with E-state index in [1.54, 1.807) is 18.2 Å². The number of aromatic nitrogens is 1. The smallest absolute Gasteiger partial charge is 0.425 e. The Morgan fingerprint density at radius 3 is 2.72 bits per heavy atom. The molecule has 1 aromatic carbocycles. The van der Waals surface area contributed by atoms with Gasteiger partial charge in [-0.15, -0.1) is 0 Å². The summed E-state index contributed by atoms with van der Waals surface area (Å²) in [6, 6.07) is 5.73. The lowest BCUT2D eigenvalue weighted by atomic mass is 9.90. The SMILES string of the molecule is CC[C@]1(C)CC(=O)N([C@H](c2cncc(F)c2)C2C[C@H]2C(=O)N[C@H]2CC(C(F)(F)F)Oc3ccccc32)C(=N)N1. The van der Waals surface area contributed by atoms with Crippen LogP contribution >= 0.6 is 0 Å². The zero-order valence-corrected chi connectivity index (χ0v) is 21.4. The van der Waals surface area contributed by atoms with Crippen molar-refractivity contribution in [1.82, 2.24) is 20.5 Å². The van der Waals surface area contributed by atoms with Crippen LogP contribution in [0.4, 0.5) is 17.6 Å². The minimum Gasteiger partial charge on any atom is -0.480 e. The van der Waals surface area contributed by atoms with Gasteiger partial charge < -0.3 is 15.4 Å². The van der Waals surface area contributed by atoms with Crippen LogP contribution in [0.25, 0.3) is 0 Å². The van der Waals surface area contributed by atoms with E-state index >= 15 is 0 Å². The highest BCUT2D eigenvalue weighted by atomic mass is 19.4. The van der Waals surface area contributed by atoms with Crippen molar-refractivity contribution >= 4 is 17.8 Å². The number of alkyl halides is 3. The molecule has 2 aromatic rings. The maximum atomic E-state index is 14.2. The van der Waals surface area contributed by atoms with Gasteiger partial charge in [-0.25, -0.2) is 4.39 Å². The summed E-state index contributed by atoms with van der Waals surface area (Å²) in [7, 11) is 0. The number of amides is 2. The first-order valence-corrected chi connectivity index (χ1v) is 12.8. The second kappa shape index (κ2) is 9.80. The van der Waals surface area contributed by atoms with Crippen molar-refractivity contribution in [1.29, 1.82) is 5.41 Å². The Morgan fingerprint density at radius 1 is 1.31 bits per heavy atom. The fraction of sp³-hybridized carbons (Fsp3) is 0.481. The van der Waals surface area contributed by atoms with Crippen molar-refractivity contribution in [2.45, 2.75) is 69.4 Å². The molecule has 0 bridgehead atoms. The highest BCUT2D eigenvalue weighted by Crippen LogP contribution is 2.51. The van der Waals surface area contributed by atoms with Crippen LogP contribution in [0.1, 0.15) is 62.7 Å². The van der Waals surface area contributed by atoms with Gasteiger partial charge in [0.05, 0.1) is 24.7 Å². The number of fused-ring (bicyclic) bond motifs is 1. The normalized spacial score (nSPS) is 29.1. The monoisotopic (exact) mass is 547 g/mol. The lowest BCUT2D eigenvalue weighted by molar-refractivity contribution is -0.201. The van der Waals surface area contributed by atoms with Crippen LogP contribution in [0.15, 0.2) is 42.7 Å². The van der Waals surface area contributed by atoms with Crippen LogP contribution in [-0.4, -0.2) is 45.5 Å². The standard InChI is InChI=1S/C27H29F4N5O3/c1-3-26(2)11-22(37)36(25(32)35-26)23(14-8-15(28)13-33-12-14)17-9-18(17)24(38)34-19-10-21(27(29,30)31)39-20-7-5-4-6-16(19)20/h4-8,12-13,17-19,21,23H,3,9-11H2,1-2H3,(H2,32,35)(H,34,38)/t17?,18-,19+,21?,23-,26-/m1/s1. The van der Waals surface area contributed by atoms with Crippen molar-refractivity contribution in [2.75, 3.05) is 0 Å². The Bertz CT molecular complexity index is 1280. The minimum absolute atomic E-state index is 0.0600. The molecule has 1 aliphatic carbocycles. The molecule has 6 atom stereocenters. The Hall–Kier alpha value is -3.70. The molecule has 1 saturated heterocycles. The number of hydrogen-bond donors (Lipinski definition) is 3. The van der Waals surface area contributed by atoms with E-state index in [1.165, 1.54) is 23.2 Å². The van der Waals surface area contributed by atoms with Crippen molar-refractivity contribution in [3.8, 4) is 5.75 Å². The van der Waals surface area contributed by atoms with Crippen LogP contribution in [0.5, 0.6) is 5.75 Å². The first-order chi connectivity index (χ1) is 18.4. The predicted molar refractivity (Wildman–Crippen MR) is 132 cm³/mol. The largest absolute Gasteiger partial charge is 0.480 e. The summed E-state index contributed by atoms with van der Waals surface area (Å²) >= 11 is 0. The number of hydrogen-bond acceptors (Lipinski definition) is 5. The maximum absolute atomic E-state index is 14.2. The molecule has 5 rings (SSSR count). The number of nitrogens with one attached hydrogen (secondary N) is 3. The number of nitrogens with zero attached hydrogens (tertiary/aromatic N) is 2. The van der Waals surface area contributed by atoms with Crippen molar-refractivity contribution < 1.29 is 31.9 Å². The Morgan fingerprint density at radius 2 is 2.05 bits per heavy atom. The molecule has 1 aromatic heterocycles. The molecule has 3 heterocycles. The molecule has 2 unspecified atom stereocenters. The third-order valence-corrected chi connectivity index (χ3v) is 7.87. The van der Waals surface area contributed by atoms with Crippen molar-refractivity contribution in [2.24, 2.45) is 11.8 Å². The maximum Gasteiger partial charge on any atom is 0.425 e. The molecule has 208 valence electrons. The number of pyridine rings is 1. The number of carbonyl (C=O) groups is 2. The summed E-state index contributed by atoms with van der Waals surface area (Å²) in [6.45, 7) is 3.74. The molecule has 1 saturated carbocycles. The Labute approximate surface area is 222 Å². The van der Waals surface area contributed by atoms with E-state index in [-0.39, 0.29) is 24.0 Å². The molecule has 3 aliphatic rings. The summed E-state index contributed by atoms with van der Waals surface area (Å²) < 4.78 is 59.9. The average Bonchev–Trinajstić information content (AvgIpc) is 3.66. The number of rotatable bonds is 6. The molecular weight excluding hydrogens is 518 g/mol. The van der Waals surface area contributed by atoms with E-state index in [0.29, 0.717) is 24.0 Å². The van der Waals surface area contributed by atoms with Gasteiger partial charge in [0.1, 0.15) is 11.6 Å². The van der Waals surface area contributed by atoms with Crippen molar-refractivity contribution in [3.05, 3.63) is 59.7 Å². The number of para-hydroxylation sites is 1. The van der Waals surface area contributed by atoms with Crippen LogP contribution in [0.3, 0.4) is 0 Å². The van der Waals surface area contributed by atoms with Gasteiger partial charge in [-0.05, 0) is 43.4 Å². The summed E-state index contributed by atoms with van der Waals surface area (Å²) in [4.78, 5) is 31.8. The molecule has 39 heavy (non-hydrogen) atoms. The van der Waals surface area contributed by atoms with Gasteiger partial charge in [-0.1, -0.05) is 25.1 Å². The highest BCUT2D eigenvalue weighted by molar-refractivity contribution is 5.99. The fourth-order valence-electron chi connectivity index (χ4n) is 5.52. The van der Waals surface area contributed by atoms with E-state index < -0.39 is 59.9 Å². The molecule has 12 heteroatoms. The number of benzene rings is 1. The van der Waals surface area contributed by atoms with Gasteiger partial charge >= 0.3 is 6.18 Å². The Kier molecular flexibility index (Phi) is 6.76. The first kappa shape index (κ1) is 26.9. The zero-order valence-electron chi connectivity index (χ0n) is 21.4. The summed E-state index contributed by atoms with van der Waals surface area (Å²) in [5.41, 5.74) is 0.176. The summed E-state index contributed by atoms with van der Waals surface area (Å²) in [5.74, 6) is -2.67. The predicted octanol–water partition coefficient (Wildman–Crippen LogP) is 4.39. The van der Waals surface area contributed by atoms with Gasteiger partial charge in [0, 0.05) is 29.6 Å². The number of guanidine groups is 1.